The zero-order valence-corrected chi connectivity index (χ0v) is 24.9. The van der Waals surface area contributed by atoms with E-state index in [0.29, 0.717) is 18.1 Å². The van der Waals surface area contributed by atoms with Gasteiger partial charge in [0.1, 0.15) is 5.82 Å². The number of thiocarbonyl (C=S) groups is 1. The maximum atomic E-state index is 5.91. The molecule has 0 aliphatic carbocycles. The van der Waals surface area contributed by atoms with E-state index < -0.39 is 0 Å². The second-order valence-corrected chi connectivity index (χ2v) is 12.5. The van der Waals surface area contributed by atoms with Crippen LogP contribution in [0.4, 0.5) is 0 Å². The normalized spacial score (nSPS) is 24.8. The molecule has 208 valence electrons. The number of benzene rings is 2. The first-order valence-electron chi connectivity index (χ1n) is 15.3. The Bertz CT molecular complexity index is 1260. The molecule has 0 radical (unpaired) electrons. The van der Waals surface area contributed by atoms with Crippen LogP contribution < -0.4 is 0 Å². The number of likely N-dealkylation sites (tertiary alicyclic amines) is 1. The van der Waals surface area contributed by atoms with Crippen molar-refractivity contribution in [3.05, 3.63) is 66.0 Å². The van der Waals surface area contributed by atoms with Crippen LogP contribution in [0.5, 0.6) is 0 Å². The van der Waals surface area contributed by atoms with Gasteiger partial charge in [0, 0.05) is 44.3 Å². The SMILES string of the molecule is CCN(CC)C(=S)N1CCC(CCN2C3CCC2CC(n2c(C)nc4ccccc42)C3)(c2ccccc2)CC1. The molecule has 3 fully saturated rings. The van der Waals surface area contributed by atoms with Gasteiger partial charge in [0.25, 0.3) is 0 Å². The molecular formula is C33H45N5S. The fraction of sp³-hybridized carbons (Fsp3) is 0.576. The van der Waals surface area contributed by atoms with Crippen LogP contribution in [0.1, 0.15) is 76.2 Å². The summed E-state index contributed by atoms with van der Waals surface area (Å²) in [5.41, 5.74) is 4.22. The highest BCUT2D eigenvalue weighted by atomic mass is 32.1. The molecule has 6 rings (SSSR count). The van der Waals surface area contributed by atoms with Crippen molar-refractivity contribution in [3.8, 4) is 0 Å². The maximum absolute atomic E-state index is 5.91. The van der Waals surface area contributed by atoms with Gasteiger partial charge in [-0.15, -0.1) is 0 Å². The van der Waals surface area contributed by atoms with Crippen molar-refractivity contribution in [1.29, 1.82) is 0 Å². The second-order valence-electron chi connectivity index (χ2n) is 12.1. The number of hydrogen-bond donors (Lipinski definition) is 0. The first-order valence-corrected chi connectivity index (χ1v) is 15.7. The van der Waals surface area contributed by atoms with E-state index in [0.717, 1.165) is 36.8 Å². The van der Waals surface area contributed by atoms with Gasteiger partial charge in [-0.2, -0.15) is 0 Å². The van der Waals surface area contributed by atoms with Crippen molar-refractivity contribution in [3.63, 3.8) is 0 Å². The number of imidazole rings is 1. The van der Waals surface area contributed by atoms with Crippen molar-refractivity contribution in [2.24, 2.45) is 0 Å². The van der Waals surface area contributed by atoms with Gasteiger partial charge >= 0.3 is 0 Å². The summed E-state index contributed by atoms with van der Waals surface area (Å²) in [5.74, 6) is 1.17. The molecule has 2 atom stereocenters. The van der Waals surface area contributed by atoms with E-state index >= 15 is 0 Å². The number of para-hydroxylation sites is 2. The molecule has 0 N–H and O–H groups in total. The molecule has 39 heavy (non-hydrogen) atoms. The number of piperidine rings is 2. The quantitative estimate of drug-likeness (QED) is 0.315. The summed E-state index contributed by atoms with van der Waals surface area (Å²) < 4.78 is 2.55. The molecule has 2 unspecified atom stereocenters. The van der Waals surface area contributed by atoms with Crippen LogP contribution in [0.2, 0.25) is 0 Å². The number of aryl methyl sites for hydroxylation is 1. The second kappa shape index (κ2) is 11.2. The maximum Gasteiger partial charge on any atom is 0.171 e. The highest BCUT2D eigenvalue weighted by Crippen LogP contribution is 2.45. The lowest BCUT2D eigenvalue weighted by atomic mass is 9.70. The Kier molecular flexibility index (Phi) is 7.69. The molecule has 0 amide bonds. The van der Waals surface area contributed by atoms with Crippen LogP contribution in [-0.4, -0.2) is 74.2 Å². The monoisotopic (exact) mass is 543 g/mol. The molecule has 1 aromatic heterocycles. The molecule has 3 aromatic rings. The predicted octanol–water partition coefficient (Wildman–Crippen LogP) is 6.56. The Morgan fingerprint density at radius 2 is 1.56 bits per heavy atom. The largest absolute Gasteiger partial charge is 0.350 e. The molecule has 2 bridgehead atoms. The number of nitrogens with zero attached hydrogens (tertiary/aromatic N) is 5. The third-order valence-corrected chi connectivity index (χ3v) is 10.8. The van der Waals surface area contributed by atoms with Crippen LogP contribution in [0, 0.1) is 6.92 Å². The van der Waals surface area contributed by atoms with E-state index in [9.17, 15) is 0 Å². The van der Waals surface area contributed by atoms with Gasteiger partial charge in [0.15, 0.2) is 5.11 Å². The van der Waals surface area contributed by atoms with E-state index in [-0.39, 0.29) is 5.41 Å². The van der Waals surface area contributed by atoms with Crippen molar-refractivity contribution in [2.45, 2.75) is 89.3 Å². The zero-order chi connectivity index (χ0) is 27.0. The highest BCUT2D eigenvalue weighted by molar-refractivity contribution is 7.80. The van der Waals surface area contributed by atoms with E-state index in [2.05, 4.69) is 94.6 Å². The van der Waals surface area contributed by atoms with Crippen molar-refractivity contribution < 1.29 is 0 Å². The van der Waals surface area contributed by atoms with Gasteiger partial charge in [-0.1, -0.05) is 42.5 Å². The van der Waals surface area contributed by atoms with Gasteiger partial charge in [-0.25, -0.2) is 4.98 Å². The minimum atomic E-state index is 0.240. The first kappa shape index (κ1) is 26.8. The summed E-state index contributed by atoms with van der Waals surface area (Å²) in [6.07, 6.45) is 8.81. The Balaban J connectivity index is 1.16. The van der Waals surface area contributed by atoms with Crippen LogP contribution in [0.25, 0.3) is 11.0 Å². The summed E-state index contributed by atoms with van der Waals surface area (Å²) >= 11 is 5.91. The molecule has 6 heteroatoms. The molecule has 0 saturated carbocycles. The summed E-state index contributed by atoms with van der Waals surface area (Å²) in [4.78, 5) is 12.6. The van der Waals surface area contributed by atoms with Gasteiger partial charge < -0.3 is 14.4 Å². The van der Waals surface area contributed by atoms with Crippen molar-refractivity contribution >= 4 is 28.4 Å². The minimum Gasteiger partial charge on any atom is -0.350 e. The third-order valence-electron chi connectivity index (χ3n) is 10.3. The van der Waals surface area contributed by atoms with Gasteiger partial charge in [0.2, 0.25) is 0 Å². The fourth-order valence-corrected chi connectivity index (χ4v) is 8.53. The Hall–Kier alpha value is -2.44. The van der Waals surface area contributed by atoms with Crippen LogP contribution in [0.15, 0.2) is 54.6 Å². The van der Waals surface area contributed by atoms with E-state index in [1.54, 1.807) is 0 Å². The molecule has 0 spiro atoms. The third kappa shape index (κ3) is 4.99. The molecule has 4 heterocycles. The summed E-state index contributed by atoms with van der Waals surface area (Å²) in [5, 5.41) is 1.05. The van der Waals surface area contributed by atoms with Crippen LogP contribution in [0.3, 0.4) is 0 Å². The average Bonchev–Trinajstić information content (AvgIpc) is 3.43. The minimum absolute atomic E-state index is 0.240. The van der Waals surface area contributed by atoms with E-state index in [1.165, 1.54) is 68.4 Å². The van der Waals surface area contributed by atoms with Crippen molar-refractivity contribution in [1.82, 2.24) is 24.3 Å². The van der Waals surface area contributed by atoms with Gasteiger partial charge in [-0.3, -0.25) is 4.90 Å². The van der Waals surface area contributed by atoms with Gasteiger partial charge in [-0.05, 0) is 108 Å². The predicted molar refractivity (Wildman–Crippen MR) is 165 cm³/mol. The molecule has 3 aliphatic rings. The van der Waals surface area contributed by atoms with E-state index in [1.807, 2.05) is 0 Å². The number of fused-ring (bicyclic) bond motifs is 3. The zero-order valence-electron chi connectivity index (χ0n) is 24.1. The molecule has 2 aromatic carbocycles. The number of hydrogen-bond acceptors (Lipinski definition) is 3. The van der Waals surface area contributed by atoms with E-state index in [4.69, 9.17) is 17.2 Å². The Morgan fingerprint density at radius 1 is 0.923 bits per heavy atom. The molecular weight excluding hydrogens is 498 g/mol. The number of aromatic nitrogens is 2. The van der Waals surface area contributed by atoms with Crippen LogP contribution >= 0.6 is 12.2 Å². The average molecular weight is 544 g/mol. The summed E-state index contributed by atoms with van der Waals surface area (Å²) in [7, 11) is 0. The smallest absolute Gasteiger partial charge is 0.171 e. The topological polar surface area (TPSA) is 27.5 Å². The Morgan fingerprint density at radius 3 is 2.23 bits per heavy atom. The molecule has 3 aliphatic heterocycles. The number of rotatable bonds is 7. The molecule has 5 nitrogen and oxygen atoms in total. The highest BCUT2D eigenvalue weighted by Gasteiger charge is 2.44. The summed E-state index contributed by atoms with van der Waals surface area (Å²) in [6.45, 7) is 11.9. The lowest BCUT2D eigenvalue weighted by Gasteiger charge is -2.47. The standard InChI is InChI=1S/C33H45N5S/c1-4-35(5-2)32(39)36-20-17-33(18-21-36,26-11-7-6-8-12-26)19-22-37-27-15-16-28(37)24-29(23-27)38-25(3)34-30-13-9-10-14-31(30)38/h6-14,27-29H,4-5,15-24H2,1-3H3. The summed E-state index contributed by atoms with van der Waals surface area (Å²) in [6, 6.07) is 22.0. The van der Waals surface area contributed by atoms with Gasteiger partial charge in [0.05, 0.1) is 11.0 Å². The van der Waals surface area contributed by atoms with Crippen LogP contribution in [-0.2, 0) is 5.41 Å². The lowest BCUT2D eigenvalue weighted by Crippen LogP contribution is -2.51. The lowest BCUT2D eigenvalue weighted by molar-refractivity contribution is 0.0882. The Labute approximate surface area is 240 Å². The van der Waals surface area contributed by atoms with Crippen molar-refractivity contribution in [2.75, 3.05) is 32.7 Å². The first-order chi connectivity index (χ1) is 19.0. The fourth-order valence-electron chi connectivity index (χ4n) is 8.09. The molecule has 3 saturated heterocycles.